The van der Waals surface area contributed by atoms with Gasteiger partial charge in [0.25, 0.3) is 0 Å². The fraction of sp³-hybridized carbons (Fsp3) is 0.682. The van der Waals surface area contributed by atoms with Crippen molar-refractivity contribution >= 4 is 6.03 Å². The Balaban J connectivity index is 1.23. The number of nitrogens with one attached hydrogen (secondary N) is 2. The van der Waals surface area contributed by atoms with Gasteiger partial charge in [0.1, 0.15) is 11.5 Å². The highest BCUT2D eigenvalue weighted by Gasteiger charge is 2.53. The van der Waals surface area contributed by atoms with Gasteiger partial charge in [-0.3, -0.25) is 0 Å². The van der Waals surface area contributed by atoms with Crippen molar-refractivity contribution in [2.45, 2.75) is 58.4 Å². The van der Waals surface area contributed by atoms with Crippen LogP contribution in [0.2, 0.25) is 0 Å². The van der Waals surface area contributed by atoms with Crippen LogP contribution >= 0.6 is 0 Å². The first-order valence-electron chi connectivity index (χ1n) is 10.5. The summed E-state index contributed by atoms with van der Waals surface area (Å²) in [5, 5.41) is 6.03. The lowest BCUT2D eigenvalue weighted by molar-refractivity contribution is -0.0682. The fourth-order valence-electron chi connectivity index (χ4n) is 6.09. The summed E-state index contributed by atoms with van der Waals surface area (Å²) in [6, 6.07) is 7.52. The van der Waals surface area contributed by atoms with Crippen LogP contribution in [-0.2, 0) is 0 Å². The van der Waals surface area contributed by atoms with E-state index < -0.39 is 0 Å². The van der Waals surface area contributed by atoms with Gasteiger partial charge in [-0.15, -0.1) is 0 Å². The molecule has 0 spiro atoms. The van der Waals surface area contributed by atoms with Crippen LogP contribution in [-0.4, -0.2) is 25.4 Å². The van der Waals surface area contributed by atoms with E-state index in [2.05, 4.69) is 17.6 Å². The van der Waals surface area contributed by atoms with E-state index in [1.54, 1.807) is 0 Å². The summed E-state index contributed by atoms with van der Waals surface area (Å²) in [6.07, 6.45) is 8.16. The molecule has 2 amide bonds. The SMILES string of the molecule is CCOc1ccc(OCNC(=O)NC(C)C23CC4CC(CC(C4)C2)C3)cc1. The molecule has 1 aromatic rings. The minimum atomic E-state index is -0.135. The Hall–Kier alpha value is -1.91. The summed E-state index contributed by atoms with van der Waals surface area (Å²) in [7, 11) is 0. The summed E-state index contributed by atoms with van der Waals surface area (Å²) in [5.41, 5.74) is 0.321. The molecule has 1 unspecified atom stereocenters. The Bertz CT molecular complexity index is 623. The number of rotatable bonds is 7. The van der Waals surface area contributed by atoms with Crippen molar-refractivity contribution in [3.63, 3.8) is 0 Å². The Labute approximate surface area is 162 Å². The van der Waals surface area contributed by atoms with E-state index in [1.165, 1.54) is 38.5 Å². The van der Waals surface area contributed by atoms with Crippen molar-refractivity contribution in [1.29, 1.82) is 0 Å². The number of carbonyl (C=O) groups excluding carboxylic acids is 1. The molecule has 2 N–H and O–H groups in total. The van der Waals surface area contributed by atoms with Gasteiger partial charge in [-0.25, -0.2) is 4.79 Å². The predicted molar refractivity (Wildman–Crippen MR) is 105 cm³/mol. The van der Waals surface area contributed by atoms with E-state index in [0.29, 0.717) is 17.8 Å². The van der Waals surface area contributed by atoms with Crippen molar-refractivity contribution in [2.24, 2.45) is 23.2 Å². The van der Waals surface area contributed by atoms with Crippen LogP contribution in [0.4, 0.5) is 4.79 Å². The number of carbonyl (C=O) groups is 1. The molecule has 0 aliphatic heterocycles. The molecule has 1 aromatic carbocycles. The molecule has 4 bridgehead atoms. The normalized spacial score (nSPS) is 32.0. The zero-order valence-electron chi connectivity index (χ0n) is 16.5. The molecule has 4 aliphatic carbocycles. The molecule has 4 fully saturated rings. The Morgan fingerprint density at radius 3 is 2.07 bits per heavy atom. The number of ether oxygens (including phenoxy) is 2. The third kappa shape index (κ3) is 4.02. The second-order valence-electron chi connectivity index (χ2n) is 8.84. The average Bonchev–Trinajstić information content (AvgIpc) is 2.62. The molecule has 1 atom stereocenters. The van der Waals surface area contributed by atoms with Crippen LogP contribution in [0.15, 0.2) is 24.3 Å². The predicted octanol–water partition coefficient (Wildman–Crippen LogP) is 4.33. The Morgan fingerprint density at radius 1 is 1.04 bits per heavy atom. The van der Waals surface area contributed by atoms with Gasteiger partial charge in [-0.1, -0.05) is 0 Å². The second kappa shape index (κ2) is 7.61. The van der Waals surface area contributed by atoms with Gasteiger partial charge < -0.3 is 20.1 Å². The van der Waals surface area contributed by atoms with E-state index in [1.807, 2.05) is 31.2 Å². The molecule has 4 aliphatic rings. The summed E-state index contributed by atoms with van der Waals surface area (Å²) in [5.74, 6) is 4.22. The van der Waals surface area contributed by atoms with Gasteiger partial charge in [-0.05, 0) is 99.8 Å². The highest BCUT2D eigenvalue weighted by atomic mass is 16.5. The number of amides is 2. The highest BCUT2D eigenvalue weighted by molar-refractivity contribution is 5.74. The minimum absolute atomic E-state index is 0.135. The monoisotopic (exact) mass is 372 g/mol. The first-order valence-corrected chi connectivity index (χ1v) is 10.5. The van der Waals surface area contributed by atoms with Crippen LogP contribution in [0.3, 0.4) is 0 Å². The van der Waals surface area contributed by atoms with Gasteiger partial charge >= 0.3 is 6.03 Å². The fourth-order valence-corrected chi connectivity index (χ4v) is 6.09. The maximum absolute atomic E-state index is 12.4. The summed E-state index contributed by atoms with van der Waals surface area (Å²) in [6.45, 7) is 4.95. The summed E-state index contributed by atoms with van der Waals surface area (Å²) >= 11 is 0. The van der Waals surface area contributed by atoms with Crippen LogP contribution in [0.25, 0.3) is 0 Å². The topological polar surface area (TPSA) is 59.6 Å². The Morgan fingerprint density at radius 2 is 1.56 bits per heavy atom. The van der Waals surface area contributed by atoms with Gasteiger partial charge in [0.05, 0.1) is 6.61 Å². The number of hydrogen-bond donors (Lipinski definition) is 2. The third-order valence-corrected chi connectivity index (χ3v) is 6.96. The van der Waals surface area contributed by atoms with Crippen LogP contribution < -0.4 is 20.1 Å². The molecule has 5 nitrogen and oxygen atoms in total. The lowest BCUT2D eigenvalue weighted by atomic mass is 9.48. The van der Waals surface area contributed by atoms with E-state index in [0.717, 1.165) is 23.5 Å². The molecule has 5 rings (SSSR count). The second-order valence-corrected chi connectivity index (χ2v) is 8.84. The molecule has 0 saturated heterocycles. The first kappa shape index (κ1) is 18.5. The lowest BCUT2D eigenvalue weighted by Crippen LogP contribution is -2.57. The molecule has 27 heavy (non-hydrogen) atoms. The van der Waals surface area contributed by atoms with E-state index in [4.69, 9.17) is 9.47 Å². The minimum Gasteiger partial charge on any atom is -0.494 e. The maximum atomic E-state index is 12.4. The molecular weight excluding hydrogens is 340 g/mol. The molecule has 148 valence electrons. The molecule has 0 heterocycles. The largest absolute Gasteiger partial charge is 0.494 e. The van der Waals surface area contributed by atoms with Crippen molar-refractivity contribution in [2.75, 3.05) is 13.3 Å². The molecule has 4 saturated carbocycles. The number of benzene rings is 1. The molecule has 0 radical (unpaired) electrons. The van der Waals surface area contributed by atoms with Gasteiger partial charge in [-0.2, -0.15) is 0 Å². The molecule has 0 aromatic heterocycles. The third-order valence-electron chi connectivity index (χ3n) is 6.96. The standard InChI is InChI=1S/C22H32N2O3/c1-3-26-19-4-6-20(7-5-19)27-14-23-21(25)24-15(2)22-11-16-8-17(12-22)10-18(9-16)13-22/h4-7,15-18H,3,8-14H2,1-2H3,(H2,23,24,25). The smallest absolute Gasteiger partial charge is 0.317 e. The van der Waals surface area contributed by atoms with Crippen molar-refractivity contribution < 1.29 is 14.3 Å². The van der Waals surface area contributed by atoms with Gasteiger partial charge in [0.15, 0.2) is 6.73 Å². The maximum Gasteiger partial charge on any atom is 0.317 e. The van der Waals surface area contributed by atoms with E-state index >= 15 is 0 Å². The van der Waals surface area contributed by atoms with E-state index in [9.17, 15) is 4.79 Å². The zero-order valence-corrected chi connectivity index (χ0v) is 16.5. The highest BCUT2D eigenvalue weighted by Crippen LogP contribution is 2.61. The van der Waals surface area contributed by atoms with Crippen LogP contribution in [0.5, 0.6) is 11.5 Å². The summed E-state index contributed by atoms with van der Waals surface area (Å²) < 4.78 is 11.0. The Kier molecular flexibility index (Phi) is 5.20. The van der Waals surface area contributed by atoms with Gasteiger partial charge in [0, 0.05) is 6.04 Å². The first-order chi connectivity index (χ1) is 13.1. The molecular formula is C22H32N2O3. The summed E-state index contributed by atoms with van der Waals surface area (Å²) in [4.78, 5) is 12.4. The average molecular weight is 373 g/mol. The van der Waals surface area contributed by atoms with Crippen LogP contribution in [0.1, 0.15) is 52.4 Å². The van der Waals surface area contributed by atoms with E-state index in [-0.39, 0.29) is 18.8 Å². The lowest BCUT2D eigenvalue weighted by Gasteiger charge is -2.59. The van der Waals surface area contributed by atoms with Crippen molar-refractivity contribution in [3.8, 4) is 11.5 Å². The van der Waals surface area contributed by atoms with Crippen molar-refractivity contribution in [1.82, 2.24) is 10.6 Å². The zero-order chi connectivity index (χ0) is 18.9. The number of urea groups is 1. The quantitative estimate of drug-likeness (QED) is 0.701. The van der Waals surface area contributed by atoms with Crippen molar-refractivity contribution in [3.05, 3.63) is 24.3 Å². The van der Waals surface area contributed by atoms with Gasteiger partial charge in [0.2, 0.25) is 0 Å². The van der Waals surface area contributed by atoms with Crippen LogP contribution in [0, 0.1) is 23.2 Å². The molecule has 5 heteroatoms. The number of hydrogen-bond acceptors (Lipinski definition) is 3.